The van der Waals surface area contributed by atoms with Crippen molar-refractivity contribution in [1.29, 1.82) is 0 Å². The van der Waals surface area contributed by atoms with Crippen molar-refractivity contribution in [2.75, 3.05) is 13.2 Å². The van der Waals surface area contributed by atoms with Crippen molar-refractivity contribution in [3.05, 3.63) is 9.66 Å². The molecule has 0 aromatic carbocycles. The van der Waals surface area contributed by atoms with Gasteiger partial charge in [-0.25, -0.2) is 4.79 Å². The van der Waals surface area contributed by atoms with Crippen molar-refractivity contribution in [2.45, 2.75) is 6.92 Å². The second kappa shape index (κ2) is 5.67. The van der Waals surface area contributed by atoms with E-state index in [1.165, 1.54) is 6.08 Å². The maximum atomic E-state index is 10.6. The summed E-state index contributed by atoms with van der Waals surface area (Å²) in [4.78, 5) is 10.6. The third-order valence-electron chi connectivity index (χ3n) is 0.712. The van der Waals surface area contributed by atoms with E-state index in [0.717, 1.165) is 0 Å². The summed E-state index contributed by atoms with van der Waals surface area (Å²) < 4.78 is 5.16. The lowest BCUT2D eigenvalue weighted by atomic mass is 10.5. The molecule has 0 aliphatic rings. The van der Waals surface area contributed by atoms with Gasteiger partial charge in [0.25, 0.3) is 0 Å². The molecule has 3 nitrogen and oxygen atoms in total. The van der Waals surface area contributed by atoms with Crippen molar-refractivity contribution < 1.29 is 14.6 Å². The van der Waals surface area contributed by atoms with Gasteiger partial charge in [-0.15, -0.1) is 0 Å². The Labute approximate surface area is 73.2 Å². The quantitative estimate of drug-likeness (QED) is 0.463. The summed E-state index contributed by atoms with van der Waals surface area (Å²) in [6.45, 7) is 1.99. The molecule has 0 aromatic rings. The summed E-state index contributed by atoms with van der Waals surface area (Å²) in [6, 6.07) is 0. The monoisotopic (exact) mass is 256 g/mol. The van der Waals surface area contributed by atoms with Crippen LogP contribution in [-0.2, 0) is 9.53 Å². The summed E-state index contributed by atoms with van der Waals surface area (Å²) in [5.74, 6) is -0.402. The van der Waals surface area contributed by atoms with E-state index in [1.807, 2.05) is 22.6 Å². The number of ether oxygens (including phenoxy) is 1. The zero-order valence-corrected chi connectivity index (χ0v) is 7.79. The Bertz CT molecular complexity index is 142. The van der Waals surface area contributed by atoms with Crippen LogP contribution in [0.5, 0.6) is 0 Å². The fourth-order valence-electron chi connectivity index (χ4n) is 0.357. The van der Waals surface area contributed by atoms with Crippen LogP contribution in [0.25, 0.3) is 0 Å². The number of aliphatic hydroxyl groups excluding tert-OH is 1. The number of halogens is 1. The molecular weight excluding hydrogens is 247 g/mol. The van der Waals surface area contributed by atoms with E-state index in [9.17, 15) is 4.79 Å². The maximum Gasteiger partial charge on any atom is 0.331 e. The Morgan fingerprint density at radius 3 is 2.80 bits per heavy atom. The second-order valence-electron chi connectivity index (χ2n) is 1.50. The first kappa shape index (κ1) is 9.90. The smallest absolute Gasteiger partial charge is 0.331 e. The average molecular weight is 256 g/mol. The van der Waals surface area contributed by atoms with Gasteiger partial charge in [-0.3, -0.25) is 0 Å². The summed E-state index contributed by atoms with van der Waals surface area (Å²) in [5.41, 5.74) is 0. The second-order valence-corrected chi connectivity index (χ2v) is 2.89. The summed E-state index contributed by atoms with van der Waals surface area (Å²) >= 11 is 1.87. The SMILES string of the molecule is CCOC(=O)/C=C(\I)CO. The molecule has 0 aromatic heterocycles. The molecule has 0 fully saturated rings. The first-order chi connectivity index (χ1) is 4.70. The molecule has 1 N–H and O–H groups in total. The number of hydrogen-bond acceptors (Lipinski definition) is 3. The molecular formula is C6H9IO3. The molecule has 0 aliphatic heterocycles. The predicted octanol–water partition coefficient (Wildman–Crippen LogP) is 0.861. The van der Waals surface area contributed by atoms with E-state index in [-0.39, 0.29) is 6.61 Å². The highest BCUT2D eigenvalue weighted by molar-refractivity contribution is 14.1. The Balaban J connectivity index is 3.75. The van der Waals surface area contributed by atoms with Gasteiger partial charge in [0.2, 0.25) is 0 Å². The van der Waals surface area contributed by atoms with Crippen molar-refractivity contribution >= 4 is 28.6 Å². The van der Waals surface area contributed by atoms with Gasteiger partial charge in [-0.1, -0.05) is 0 Å². The lowest BCUT2D eigenvalue weighted by Crippen LogP contribution is -2.00. The first-order valence-corrected chi connectivity index (χ1v) is 3.92. The molecule has 0 spiro atoms. The Kier molecular flexibility index (Phi) is 5.61. The van der Waals surface area contributed by atoms with Crippen LogP contribution in [0, 0.1) is 0 Å². The molecule has 0 rings (SSSR count). The lowest BCUT2D eigenvalue weighted by Gasteiger charge is -1.95. The van der Waals surface area contributed by atoms with E-state index in [1.54, 1.807) is 6.92 Å². The molecule has 0 saturated carbocycles. The fraction of sp³-hybridized carbons (Fsp3) is 0.500. The Morgan fingerprint density at radius 2 is 2.40 bits per heavy atom. The molecule has 0 bridgehead atoms. The molecule has 0 unspecified atom stereocenters. The van der Waals surface area contributed by atoms with Crippen LogP contribution in [0.1, 0.15) is 6.92 Å². The van der Waals surface area contributed by atoms with Gasteiger partial charge in [-0.2, -0.15) is 0 Å². The predicted molar refractivity (Wildman–Crippen MR) is 45.8 cm³/mol. The van der Waals surface area contributed by atoms with Gasteiger partial charge in [0, 0.05) is 9.66 Å². The number of rotatable bonds is 3. The van der Waals surface area contributed by atoms with Crippen LogP contribution >= 0.6 is 22.6 Å². The highest BCUT2D eigenvalue weighted by atomic mass is 127. The third kappa shape index (κ3) is 4.75. The summed E-state index contributed by atoms with van der Waals surface area (Å²) in [5, 5.41) is 8.47. The van der Waals surface area contributed by atoms with Crippen molar-refractivity contribution in [3.8, 4) is 0 Å². The molecule has 0 aliphatic carbocycles. The molecule has 10 heavy (non-hydrogen) atoms. The summed E-state index contributed by atoms with van der Waals surface area (Å²) in [6.07, 6.45) is 1.27. The molecule has 58 valence electrons. The van der Waals surface area contributed by atoms with E-state index in [4.69, 9.17) is 5.11 Å². The standard InChI is InChI=1S/C6H9IO3/c1-2-10-6(9)3-5(7)4-8/h3,8H,2,4H2,1H3/b5-3-. The minimum Gasteiger partial charge on any atom is -0.463 e. The average Bonchev–Trinajstić information content (AvgIpc) is 1.88. The van der Waals surface area contributed by atoms with Crippen LogP contribution in [0.2, 0.25) is 0 Å². The first-order valence-electron chi connectivity index (χ1n) is 2.84. The molecule has 0 atom stereocenters. The van der Waals surface area contributed by atoms with Gasteiger partial charge in [0.05, 0.1) is 13.2 Å². The minimum atomic E-state index is -0.402. The van der Waals surface area contributed by atoms with Crippen LogP contribution in [0.3, 0.4) is 0 Å². The number of carbonyl (C=O) groups excluding carboxylic acids is 1. The van der Waals surface area contributed by atoms with E-state index in [0.29, 0.717) is 10.2 Å². The van der Waals surface area contributed by atoms with Crippen molar-refractivity contribution in [3.63, 3.8) is 0 Å². The zero-order valence-electron chi connectivity index (χ0n) is 5.63. The number of aliphatic hydroxyl groups is 1. The highest BCUT2D eigenvalue weighted by Crippen LogP contribution is 2.03. The Morgan fingerprint density at radius 1 is 1.80 bits per heavy atom. The van der Waals surface area contributed by atoms with E-state index >= 15 is 0 Å². The molecule has 0 radical (unpaired) electrons. The van der Waals surface area contributed by atoms with Crippen molar-refractivity contribution in [1.82, 2.24) is 0 Å². The normalized spacial score (nSPS) is 11.3. The van der Waals surface area contributed by atoms with Crippen LogP contribution in [-0.4, -0.2) is 24.3 Å². The number of hydrogen-bond donors (Lipinski definition) is 1. The third-order valence-corrected chi connectivity index (χ3v) is 1.36. The van der Waals surface area contributed by atoms with Crippen LogP contribution < -0.4 is 0 Å². The maximum absolute atomic E-state index is 10.6. The minimum absolute atomic E-state index is 0.112. The van der Waals surface area contributed by atoms with Gasteiger partial charge in [-0.05, 0) is 29.5 Å². The molecule has 0 amide bonds. The summed E-state index contributed by atoms with van der Waals surface area (Å²) in [7, 11) is 0. The molecule has 0 heterocycles. The lowest BCUT2D eigenvalue weighted by molar-refractivity contribution is -0.137. The van der Waals surface area contributed by atoms with Gasteiger partial charge < -0.3 is 9.84 Å². The van der Waals surface area contributed by atoms with Crippen LogP contribution in [0.4, 0.5) is 0 Å². The van der Waals surface area contributed by atoms with E-state index in [2.05, 4.69) is 4.74 Å². The van der Waals surface area contributed by atoms with Crippen molar-refractivity contribution in [2.24, 2.45) is 0 Å². The van der Waals surface area contributed by atoms with Gasteiger partial charge in [0.1, 0.15) is 0 Å². The van der Waals surface area contributed by atoms with E-state index < -0.39 is 5.97 Å². The van der Waals surface area contributed by atoms with Gasteiger partial charge >= 0.3 is 5.97 Å². The number of carbonyl (C=O) groups is 1. The topological polar surface area (TPSA) is 46.5 Å². The fourth-order valence-corrected chi connectivity index (χ4v) is 0.612. The Hall–Kier alpha value is -0.100. The number of esters is 1. The molecule has 4 heteroatoms. The largest absolute Gasteiger partial charge is 0.463 e. The van der Waals surface area contributed by atoms with Crippen LogP contribution in [0.15, 0.2) is 9.66 Å². The van der Waals surface area contributed by atoms with Gasteiger partial charge in [0.15, 0.2) is 0 Å². The zero-order chi connectivity index (χ0) is 7.98. The molecule has 0 saturated heterocycles. The highest BCUT2D eigenvalue weighted by Gasteiger charge is 1.96.